The number of methoxy groups -OCH3 is 1. The highest BCUT2D eigenvalue weighted by molar-refractivity contribution is 7.13. The Kier molecular flexibility index (Phi) is 7.04. The lowest BCUT2D eigenvalue weighted by molar-refractivity contribution is -0.121. The van der Waals surface area contributed by atoms with Crippen molar-refractivity contribution in [2.45, 2.75) is 19.4 Å². The van der Waals surface area contributed by atoms with Crippen molar-refractivity contribution in [1.29, 1.82) is 0 Å². The molecule has 33 heavy (non-hydrogen) atoms. The number of rotatable bonds is 9. The Bertz CT molecular complexity index is 1200. The van der Waals surface area contributed by atoms with E-state index in [9.17, 15) is 4.79 Å². The molecule has 1 amide bonds. The molecule has 8 heteroatoms. The topological polar surface area (TPSA) is 78.3 Å². The highest BCUT2D eigenvalue weighted by atomic mass is 32.1. The van der Waals surface area contributed by atoms with E-state index in [0.29, 0.717) is 6.61 Å². The van der Waals surface area contributed by atoms with Crippen LogP contribution in [-0.4, -0.2) is 34.2 Å². The molecular weight excluding hydrogens is 436 g/mol. The average molecular weight is 463 g/mol. The van der Waals surface area contributed by atoms with Crippen LogP contribution in [0.4, 0.5) is 0 Å². The molecule has 4 rings (SSSR count). The molecule has 0 aliphatic carbocycles. The molecule has 2 aromatic heterocycles. The van der Waals surface area contributed by atoms with E-state index in [4.69, 9.17) is 9.47 Å². The molecule has 170 valence electrons. The Balaban J connectivity index is 1.48. The van der Waals surface area contributed by atoms with Crippen LogP contribution in [0.2, 0.25) is 0 Å². The van der Waals surface area contributed by atoms with Crippen LogP contribution in [0.1, 0.15) is 30.0 Å². The summed E-state index contributed by atoms with van der Waals surface area (Å²) >= 11 is 1.52. The minimum Gasteiger partial charge on any atom is -0.497 e. The summed E-state index contributed by atoms with van der Waals surface area (Å²) in [6.45, 7) is 2.59. The first-order valence-electron chi connectivity index (χ1n) is 10.7. The predicted molar refractivity (Wildman–Crippen MR) is 129 cm³/mol. The second kappa shape index (κ2) is 10.3. The van der Waals surface area contributed by atoms with E-state index in [2.05, 4.69) is 15.3 Å². The lowest BCUT2D eigenvalue weighted by Gasteiger charge is -2.19. The van der Waals surface area contributed by atoms with Gasteiger partial charge in [-0.15, -0.1) is 11.3 Å². The maximum atomic E-state index is 13.0. The number of carbonyl (C=O) groups excluding carboxylic acids is 1. The van der Waals surface area contributed by atoms with Gasteiger partial charge in [0.05, 0.1) is 25.8 Å². The minimum atomic E-state index is -0.382. The lowest BCUT2D eigenvalue weighted by atomic mass is 10.1. The van der Waals surface area contributed by atoms with Crippen molar-refractivity contribution >= 4 is 17.2 Å². The van der Waals surface area contributed by atoms with Gasteiger partial charge in [-0.2, -0.15) is 0 Å². The van der Waals surface area contributed by atoms with Gasteiger partial charge in [0.15, 0.2) is 0 Å². The zero-order valence-electron chi connectivity index (χ0n) is 18.8. The van der Waals surface area contributed by atoms with Crippen molar-refractivity contribution in [3.63, 3.8) is 0 Å². The van der Waals surface area contributed by atoms with Gasteiger partial charge in [0, 0.05) is 30.4 Å². The van der Waals surface area contributed by atoms with Gasteiger partial charge < -0.3 is 19.4 Å². The van der Waals surface area contributed by atoms with Crippen LogP contribution >= 0.6 is 11.3 Å². The number of hydrogen-bond donors (Lipinski definition) is 1. The number of carbonyl (C=O) groups is 1. The van der Waals surface area contributed by atoms with Crippen molar-refractivity contribution < 1.29 is 14.3 Å². The minimum absolute atomic E-state index is 0.123. The molecule has 0 aliphatic rings. The number of benzene rings is 2. The van der Waals surface area contributed by atoms with Crippen molar-refractivity contribution in [3.8, 4) is 22.1 Å². The molecule has 7 nitrogen and oxygen atoms in total. The molecule has 0 fully saturated rings. The zero-order valence-corrected chi connectivity index (χ0v) is 19.6. The fourth-order valence-corrected chi connectivity index (χ4v) is 4.33. The normalized spacial score (nSPS) is 11.7. The summed E-state index contributed by atoms with van der Waals surface area (Å²) in [5.74, 6) is 2.22. The fraction of sp³-hybridized carbons (Fsp3) is 0.240. The fourth-order valence-electron chi connectivity index (χ4n) is 3.51. The Morgan fingerprint density at radius 1 is 1.12 bits per heavy atom. The third-order valence-electron chi connectivity index (χ3n) is 5.18. The van der Waals surface area contributed by atoms with E-state index in [0.717, 1.165) is 39.2 Å². The van der Waals surface area contributed by atoms with Crippen molar-refractivity contribution in [3.05, 3.63) is 83.4 Å². The van der Waals surface area contributed by atoms with Crippen LogP contribution in [0.25, 0.3) is 10.6 Å². The molecule has 1 atom stereocenters. The number of nitrogens with one attached hydrogen (secondary N) is 1. The molecule has 0 saturated carbocycles. The number of hydrogen-bond acceptors (Lipinski definition) is 6. The van der Waals surface area contributed by atoms with Gasteiger partial charge in [-0.3, -0.25) is 4.79 Å². The van der Waals surface area contributed by atoms with Crippen LogP contribution < -0.4 is 14.8 Å². The number of imidazole rings is 1. The van der Waals surface area contributed by atoms with E-state index < -0.39 is 0 Å². The second-order valence-electron chi connectivity index (χ2n) is 7.45. The first kappa shape index (κ1) is 22.5. The molecule has 0 spiro atoms. The summed E-state index contributed by atoms with van der Waals surface area (Å²) < 4.78 is 12.7. The van der Waals surface area contributed by atoms with E-state index >= 15 is 0 Å². The quantitative estimate of drug-likeness (QED) is 0.399. The van der Waals surface area contributed by atoms with Crippen molar-refractivity contribution in [1.82, 2.24) is 19.9 Å². The van der Waals surface area contributed by atoms with Crippen LogP contribution in [0.3, 0.4) is 0 Å². The summed E-state index contributed by atoms with van der Waals surface area (Å²) in [5, 5.41) is 5.92. The lowest BCUT2D eigenvalue weighted by Crippen LogP contribution is -2.32. The summed E-state index contributed by atoms with van der Waals surface area (Å²) in [7, 11) is 3.54. The Hall–Kier alpha value is -3.65. The van der Waals surface area contributed by atoms with Crippen LogP contribution in [0.5, 0.6) is 11.5 Å². The van der Waals surface area contributed by atoms with Crippen LogP contribution in [0.15, 0.2) is 66.3 Å². The summed E-state index contributed by atoms with van der Waals surface area (Å²) in [6, 6.07) is 15.1. The number of amides is 1. The highest BCUT2D eigenvalue weighted by Crippen LogP contribution is 2.27. The van der Waals surface area contributed by atoms with Gasteiger partial charge >= 0.3 is 0 Å². The molecule has 0 aliphatic heterocycles. The van der Waals surface area contributed by atoms with E-state index in [-0.39, 0.29) is 18.4 Å². The van der Waals surface area contributed by atoms with Gasteiger partial charge in [-0.1, -0.05) is 12.1 Å². The maximum absolute atomic E-state index is 13.0. The average Bonchev–Trinajstić information content (AvgIpc) is 3.47. The number of ether oxygens (including phenoxy) is 2. The molecule has 1 N–H and O–H groups in total. The zero-order chi connectivity index (χ0) is 23.2. The standard InChI is InChI=1S/C25H26N4O3S/c1-4-32-21-11-7-18(8-12-21)25-27-19(16-33-25)15-22(30)28-23(24-26-13-14-29(24)2)17-5-9-20(31-3)10-6-17/h5-14,16,23H,4,15H2,1-3H3,(H,28,30). The van der Waals surface area contributed by atoms with Gasteiger partial charge in [-0.05, 0) is 48.9 Å². The molecule has 1 unspecified atom stereocenters. The molecule has 2 heterocycles. The molecule has 0 bridgehead atoms. The third-order valence-corrected chi connectivity index (χ3v) is 6.12. The van der Waals surface area contributed by atoms with Gasteiger partial charge in [0.25, 0.3) is 0 Å². The van der Waals surface area contributed by atoms with Crippen LogP contribution in [-0.2, 0) is 18.3 Å². The maximum Gasteiger partial charge on any atom is 0.226 e. The number of thiazole rings is 1. The van der Waals surface area contributed by atoms with Crippen molar-refractivity contribution in [2.24, 2.45) is 7.05 Å². The summed E-state index contributed by atoms with van der Waals surface area (Å²) in [5.41, 5.74) is 2.65. The highest BCUT2D eigenvalue weighted by Gasteiger charge is 2.21. The monoisotopic (exact) mass is 462 g/mol. The number of aryl methyl sites for hydroxylation is 1. The SMILES string of the molecule is CCOc1ccc(-c2nc(CC(=O)NC(c3ccc(OC)cc3)c3nccn3C)cs2)cc1. The Labute approximate surface area is 197 Å². The van der Waals surface area contributed by atoms with E-state index in [1.54, 1.807) is 13.3 Å². The van der Waals surface area contributed by atoms with Gasteiger partial charge in [0.1, 0.15) is 28.4 Å². The molecule has 4 aromatic rings. The molecule has 0 saturated heterocycles. The van der Waals surface area contributed by atoms with Gasteiger partial charge in [0.2, 0.25) is 5.91 Å². The second-order valence-corrected chi connectivity index (χ2v) is 8.31. The molecular formula is C25H26N4O3S. The first-order valence-corrected chi connectivity index (χ1v) is 11.5. The summed E-state index contributed by atoms with van der Waals surface area (Å²) in [6.07, 6.45) is 3.77. The summed E-state index contributed by atoms with van der Waals surface area (Å²) in [4.78, 5) is 22.1. The molecule has 2 aromatic carbocycles. The number of nitrogens with zero attached hydrogens (tertiary/aromatic N) is 3. The Morgan fingerprint density at radius 2 is 1.85 bits per heavy atom. The largest absolute Gasteiger partial charge is 0.497 e. The van der Waals surface area contributed by atoms with Crippen LogP contribution in [0, 0.1) is 0 Å². The van der Waals surface area contributed by atoms with E-state index in [1.165, 1.54) is 11.3 Å². The third kappa shape index (κ3) is 5.40. The number of aromatic nitrogens is 3. The van der Waals surface area contributed by atoms with Crippen molar-refractivity contribution in [2.75, 3.05) is 13.7 Å². The Morgan fingerprint density at radius 3 is 2.48 bits per heavy atom. The smallest absolute Gasteiger partial charge is 0.226 e. The molecule has 0 radical (unpaired) electrons. The van der Waals surface area contributed by atoms with Gasteiger partial charge in [-0.25, -0.2) is 9.97 Å². The first-order chi connectivity index (χ1) is 16.1. The predicted octanol–water partition coefficient (Wildman–Crippen LogP) is 4.40. The van der Waals surface area contributed by atoms with E-state index in [1.807, 2.05) is 78.6 Å².